The van der Waals surface area contributed by atoms with E-state index in [1.54, 1.807) is 18.2 Å². The molecule has 2 fully saturated rings. The van der Waals surface area contributed by atoms with Crippen LogP contribution in [0, 0.1) is 22.7 Å². The molecule has 0 radical (unpaired) electrons. The van der Waals surface area contributed by atoms with Crippen molar-refractivity contribution in [3.63, 3.8) is 0 Å². The van der Waals surface area contributed by atoms with Crippen LogP contribution in [0.3, 0.4) is 0 Å². The Balaban J connectivity index is 1.66. The maximum atomic E-state index is 13.1. The first-order valence-electron chi connectivity index (χ1n) is 11.5. The Morgan fingerprint density at radius 3 is 2.50 bits per heavy atom. The maximum Gasteiger partial charge on any atom is 0.413 e. The Bertz CT molecular complexity index is 877. The lowest BCUT2D eigenvalue weighted by Gasteiger charge is -2.39. The van der Waals surface area contributed by atoms with Crippen LogP contribution in [0.25, 0.3) is 0 Å². The molecule has 0 saturated heterocycles. The first-order chi connectivity index (χ1) is 15.0. The van der Waals surface area contributed by atoms with Gasteiger partial charge >= 0.3 is 12.1 Å². The zero-order chi connectivity index (χ0) is 23.7. The van der Waals surface area contributed by atoms with E-state index in [0.717, 1.165) is 18.4 Å². The molecule has 0 heterocycles. The van der Waals surface area contributed by atoms with Gasteiger partial charge < -0.3 is 19.5 Å². The summed E-state index contributed by atoms with van der Waals surface area (Å²) in [5.74, 6) is 0.750. The second-order valence-electron chi connectivity index (χ2n) is 10.3. The van der Waals surface area contributed by atoms with Crippen LogP contribution >= 0.6 is 0 Å². The van der Waals surface area contributed by atoms with Crippen LogP contribution < -0.4 is 14.8 Å². The lowest BCUT2D eigenvalue weighted by molar-refractivity contribution is -0.160. The molecule has 0 aromatic heterocycles. The highest BCUT2D eigenvalue weighted by atomic mass is 16.6. The van der Waals surface area contributed by atoms with E-state index in [-0.39, 0.29) is 28.6 Å². The third kappa shape index (κ3) is 4.37. The smallest absolute Gasteiger partial charge is 0.413 e. The van der Waals surface area contributed by atoms with Gasteiger partial charge in [0.1, 0.15) is 12.1 Å². The number of ether oxygens (including phenoxy) is 3. The van der Waals surface area contributed by atoms with Crippen molar-refractivity contribution in [2.24, 2.45) is 22.7 Å². The van der Waals surface area contributed by atoms with Gasteiger partial charge in [0.05, 0.1) is 7.11 Å². The molecule has 1 amide bonds. The minimum Gasteiger partial charge on any atom is -0.493 e. The fourth-order valence-corrected chi connectivity index (χ4v) is 5.37. The molecule has 32 heavy (non-hydrogen) atoms. The van der Waals surface area contributed by atoms with Gasteiger partial charge in [0, 0.05) is 5.41 Å². The van der Waals surface area contributed by atoms with Crippen molar-refractivity contribution in [1.82, 2.24) is 5.32 Å². The summed E-state index contributed by atoms with van der Waals surface area (Å²) in [5, 5.41) is 2.70. The molecule has 0 aliphatic heterocycles. The summed E-state index contributed by atoms with van der Waals surface area (Å²) in [7, 11) is 1.52. The number of methoxy groups -OCH3 is 1. The Morgan fingerprint density at radius 1 is 1.25 bits per heavy atom. The number of nitrogens with one attached hydrogen (secondary N) is 1. The molecule has 1 aromatic carbocycles. The van der Waals surface area contributed by atoms with Crippen molar-refractivity contribution in [1.29, 1.82) is 0 Å². The topological polar surface area (TPSA) is 73.9 Å². The Hall–Kier alpha value is -2.50. The zero-order valence-corrected chi connectivity index (χ0v) is 20.2. The van der Waals surface area contributed by atoms with E-state index >= 15 is 0 Å². The summed E-state index contributed by atoms with van der Waals surface area (Å²) in [5.41, 5.74) is 1.11. The lowest BCUT2D eigenvalue weighted by Crippen LogP contribution is -2.49. The van der Waals surface area contributed by atoms with Crippen LogP contribution in [-0.2, 0) is 16.0 Å². The van der Waals surface area contributed by atoms with Gasteiger partial charge in [0.15, 0.2) is 11.5 Å². The summed E-state index contributed by atoms with van der Waals surface area (Å²) in [6, 6.07) is 4.53. The van der Waals surface area contributed by atoms with Crippen molar-refractivity contribution in [2.75, 3.05) is 7.11 Å². The molecule has 3 rings (SSSR count). The van der Waals surface area contributed by atoms with Crippen LogP contribution in [0.2, 0.25) is 0 Å². The van der Waals surface area contributed by atoms with E-state index in [1.165, 1.54) is 13.5 Å². The van der Waals surface area contributed by atoms with Gasteiger partial charge in [-0.05, 0) is 60.6 Å². The molecular formula is C26H37NO5. The van der Waals surface area contributed by atoms with E-state index in [0.29, 0.717) is 18.1 Å². The molecule has 2 saturated carbocycles. The van der Waals surface area contributed by atoms with Gasteiger partial charge in [-0.2, -0.15) is 0 Å². The van der Waals surface area contributed by atoms with Gasteiger partial charge in [-0.15, -0.1) is 6.58 Å². The van der Waals surface area contributed by atoms with E-state index in [4.69, 9.17) is 14.2 Å². The van der Waals surface area contributed by atoms with Crippen LogP contribution in [-0.4, -0.2) is 31.3 Å². The predicted molar refractivity (Wildman–Crippen MR) is 124 cm³/mol. The number of carbonyl (C=O) groups excluding carboxylic acids is 2. The number of benzene rings is 1. The molecular weight excluding hydrogens is 406 g/mol. The fraction of sp³-hybridized carbons (Fsp3) is 0.615. The normalized spacial score (nSPS) is 26.5. The van der Waals surface area contributed by atoms with Crippen LogP contribution in [0.15, 0.2) is 30.9 Å². The number of carbonyl (C=O) groups is 2. The van der Waals surface area contributed by atoms with Crippen molar-refractivity contribution < 1.29 is 23.8 Å². The number of rotatable bonds is 8. The maximum absolute atomic E-state index is 13.1. The highest BCUT2D eigenvalue weighted by molar-refractivity contribution is 5.82. The van der Waals surface area contributed by atoms with E-state index < -0.39 is 18.1 Å². The molecule has 176 valence electrons. The predicted octanol–water partition coefficient (Wildman–Crippen LogP) is 5.29. The highest BCUT2D eigenvalue weighted by Crippen LogP contribution is 2.66. The second kappa shape index (κ2) is 9.16. The number of esters is 1. The molecule has 6 heteroatoms. The van der Waals surface area contributed by atoms with E-state index in [2.05, 4.69) is 32.7 Å². The molecule has 1 N–H and O–H groups in total. The Labute approximate surface area is 191 Å². The number of fused-ring (bicyclic) bond motifs is 2. The van der Waals surface area contributed by atoms with Crippen molar-refractivity contribution in [2.45, 2.75) is 72.4 Å². The lowest BCUT2D eigenvalue weighted by atomic mass is 9.70. The van der Waals surface area contributed by atoms with E-state index in [1.807, 2.05) is 19.9 Å². The largest absolute Gasteiger partial charge is 0.493 e. The fourth-order valence-electron chi connectivity index (χ4n) is 5.37. The Kier molecular flexibility index (Phi) is 6.91. The third-order valence-corrected chi connectivity index (χ3v) is 7.98. The van der Waals surface area contributed by atoms with Gasteiger partial charge in [-0.3, -0.25) is 0 Å². The number of hydrogen-bond donors (Lipinski definition) is 1. The minimum atomic E-state index is -0.792. The van der Waals surface area contributed by atoms with Crippen LogP contribution in [0.5, 0.6) is 11.5 Å². The van der Waals surface area contributed by atoms with Crippen molar-refractivity contribution in [3.8, 4) is 11.5 Å². The van der Waals surface area contributed by atoms with Crippen LogP contribution in [0.4, 0.5) is 4.79 Å². The van der Waals surface area contributed by atoms with Gasteiger partial charge in [0.2, 0.25) is 0 Å². The molecule has 3 unspecified atom stereocenters. The second-order valence-corrected chi connectivity index (χ2v) is 10.3. The van der Waals surface area contributed by atoms with E-state index in [9.17, 15) is 9.59 Å². The molecule has 2 aliphatic rings. The summed E-state index contributed by atoms with van der Waals surface area (Å²) in [6.45, 7) is 14.3. The average Bonchev–Trinajstić information content (AvgIpc) is 3.06. The first-order valence-corrected chi connectivity index (χ1v) is 11.5. The number of hydrogen-bond acceptors (Lipinski definition) is 5. The summed E-state index contributed by atoms with van der Waals surface area (Å²) >= 11 is 0. The molecule has 1 aromatic rings. The third-order valence-electron chi connectivity index (χ3n) is 7.98. The van der Waals surface area contributed by atoms with Crippen LogP contribution in [0.1, 0.15) is 59.4 Å². The van der Waals surface area contributed by atoms with Gasteiger partial charge in [-0.25, -0.2) is 9.59 Å². The zero-order valence-electron chi connectivity index (χ0n) is 20.2. The highest BCUT2D eigenvalue weighted by Gasteiger charge is 2.63. The minimum absolute atomic E-state index is 0.0318. The van der Waals surface area contributed by atoms with Gasteiger partial charge in [0.25, 0.3) is 0 Å². The summed E-state index contributed by atoms with van der Waals surface area (Å²) < 4.78 is 16.8. The number of amides is 1. The van der Waals surface area contributed by atoms with Gasteiger partial charge in [-0.1, -0.05) is 46.8 Å². The number of allylic oxidation sites excluding steroid dienone is 1. The van der Waals surface area contributed by atoms with Crippen molar-refractivity contribution >= 4 is 12.1 Å². The summed E-state index contributed by atoms with van der Waals surface area (Å²) in [4.78, 5) is 25.7. The molecule has 4 atom stereocenters. The molecule has 2 aliphatic carbocycles. The Morgan fingerprint density at radius 2 is 1.97 bits per heavy atom. The molecule has 6 nitrogen and oxygen atoms in total. The van der Waals surface area contributed by atoms with Crippen molar-refractivity contribution in [3.05, 3.63) is 36.4 Å². The standard InChI is InChI=1S/C26H37NO5/c1-8-9-17-10-11-19(20(14-17)30-7)31-24(29)27-22(16(2)3)23(28)32-21-15-18-12-13-26(21,6)25(18,4)5/h8,10-11,14,16,18,21-22H,1,9,12-13,15H2,2-7H3,(H,27,29)/t18?,21?,22-,26?/m0/s1. The molecule has 2 bridgehead atoms. The molecule has 0 spiro atoms. The monoisotopic (exact) mass is 443 g/mol. The SMILES string of the molecule is C=CCc1ccc(OC(=O)N[C@H](C(=O)OC2CC3CCC2(C)C3(C)C)C(C)C)c(OC)c1. The average molecular weight is 444 g/mol. The first kappa shape index (κ1) is 24.1. The summed E-state index contributed by atoms with van der Waals surface area (Å²) in [6.07, 6.45) is 4.77. The quantitative estimate of drug-likeness (QED) is 0.436.